The molecule has 2 nitrogen and oxygen atoms in total. The molecule has 14 heteroatoms. The maximum atomic E-state index is 13.2. The Balaban J connectivity index is 5.07. The SMILES string of the molecule is O=C([O-])C(F)C(F)C(F)C(F)C(F)C(F)C(F)C(F)C(F)C(F)(F)F. The zero-order valence-electron chi connectivity index (χ0n) is 11.5. The maximum absolute atomic E-state index is 13.2. The highest BCUT2D eigenvalue weighted by Crippen LogP contribution is 2.33. The zero-order chi connectivity index (χ0) is 20.3. The fraction of sp³-hybridized carbons (Fsp3) is 0.909. The maximum Gasteiger partial charge on any atom is 0.422 e. The Morgan fingerprint density at radius 2 is 0.880 bits per heavy atom. The molecule has 0 aliphatic rings. The van der Waals surface area contributed by atoms with Crippen LogP contribution in [0.3, 0.4) is 0 Å². The van der Waals surface area contributed by atoms with Gasteiger partial charge in [0.1, 0.15) is 0 Å². The quantitative estimate of drug-likeness (QED) is 0.557. The van der Waals surface area contributed by atoms with Crippen LogP contribution in [0.25, 0.3) is 0 Å². The first-order chi connectivity index (χ1) is 11.1. The molecule has 0 saturated heterocycles. The van der Waals surface area contributed by atoms with E-state index in [0.717, 1.165) is 0 Å². The molecule has 25 heavy (non-hydrogen) atoms. The summed E-state index contributed by atoms with van der Waals surface area (Å²) in [6, 6.07) is 0. The van der Waals surface area contributed by atoms with Gasteiger partial charge in [0.15, 0.2) is 49.4 Å². The van der Waals surface area contributed by atoms with E-state index in [9.17, 15) is 62.6 Å². The number of halogens is 12. The molecule has 0 heterocycles. The minimum absolute atomic E-state index is 2.90. The van der Waals surface area contributed by atoms with Gasteiger partial charge in [0.05, 0.1) is 5.97 Å². The Morgan fingerprint density at radius 3 is 1.16 bits per heavy atom. The number of rotatable bonds is 9. The Morgan fingerprint density at radius 1 is 0.600 bits per heavy atom. The van der Waals surface area contributed by atoms with Gasteiger partial charge in [0.2, 0.25) is 6.17 Å². The van der Waals surface area contributed by atoms with Crippen molar-refractivity contribution in [3.63, 3.8) is 0 Å². The van der Waals surface area contributed by atoms with Crippen molar-refractivity contribution in [2.24, 2.45) is 0 Å². The summed E-state index contributed by atoms with van der Waals surface area (Å²) in [5.74, 6) is -2.90. The van der Waals surface area contributed by atoms with Crippen LogP contribution in [0.4, 0.5) is 52.7 Å². The zero-order valence-corrected chi connectivity index (χ0v) is 11.5. The Kier molecular flexibility index (Phi) is 8.34. The lowest BCUT2D eigenvalue weighted by atomic mass is 9.96. The van der Waals surface area contributed by atoms with E-state index in [2.05, 4.69) is 0 Å². The predicted molar refractivity (Wildman–Crippen MR) is 55.1 cm³/mol. The molecule has 0 bridgehead atoms. The van der Waals surface area contributed by atoms with E-state index in [1.807, 2.05) is 0 Å². The second-order valence-electron chi connectivity index (χ2n) is 4.78. The van der Waals surface area contributed by atoms with Crippen LogP contribution in [0.15, 0.2) is 0 Å². The van der Waals surface area contributed by atoms with E-state index >= 15 is 0 Å². The van der Waals surface area contributed by atoms with Crippen LogP contribution < -0.4 is 5.11 Å². The van der Waals surface area contributed by atoms with Crippen molar-refractivity contribution in [2.75, 3.05) is 0 Å². The van der Waals surface area contributed by atoms with Gasteiger partial charge in [-0.3, -0.25) is 0 Å². The molecule has 0 aromatic rings. The van der Waals surface area contributed by atoms with Crippen LogP contribution in [0, 0.1) is 0 Å². The number of carbonyl (C=O) groups excluding carboxylic acids is 1. The van der Waals surface area contributed by atoms with Gasteiger partial charge in [-0.1, -0.05) is 0 Å². The number of carboxylic acid groups (broad SMARTS) is 1. The van der Waals surface area contributed by atoms with Gasteiger partial charge in [0, 0.05) is 0 Å². The number of alkyl halides is 12. The van der Waals surface area contributed by atoms with Gasteiger partial charge in [-0.15, -0.1) is 0 Å². The highest BCUT2D eigenvalue weighted by Gasteiger charge is 2.54. The monoisotopic (exact) mass is 401 g/mol. The molecule has 0 aromatic carbocycles. The second-order valence-corrected chi connectivity index (χ2v) is 4.78. The number of carbonyl (C=O) groups is 1. The lowest BCUT2D eigenvalue weighted by molar-refractivity contribution is -0.314. The van der Waals surface area contributed by atoms with Gasteiger partial charge in [0.25, 0.3) is 0 Å². The van der Waals surface area contributed by atoms with Crippen LogP contribution >= 0.6 is 0 Å². The fourth-order valence-electron chi connectivity index (χ4n) is 1.51. The number of hydrogen-bond donors (Lipinski definition) is 0. The molecule has 9 atom stereocenters. The van der Waals surface area contributed by atoms with Crippen LogP contribution in [0.2, 0.25) is 0 Å². The van der Waals surface area contributed by atoms with Crippen LogP contribution in [-0.2, 0) is 4.79 Å². The summed E-state index contributed by atoms with van der Waals surface area (Å²) < 4.78 is 152. The minimum Gasteiger partial charge on any atom is -0.547 e. The lowest BCUT2D eigenvalue weighted by Crippen LogP contribution is -2.51. The highest BCUT2D eigenvalue weighted by atomic mass is 19.4. The smallest absolute Gasteiger partial charge is 0.422 e. The summed E-state index contributed by atoms with van der Waals surface area (Å²) in [7, 11) is 0. The lowest BCUT2D eigenvalue weighted by Gasteiger charge is -2.27. The van der Waals surface area contributed by atoms with Gasteiger partial charge >= 0.3 is 6.18 Å². The van der Waals surface area contributed by atoms with Crippen LogP contribution in [0.1, 0.15) is 0 Å². The topological polar surface area (TPSA) is 40.1 Å². The minimum atomic E-state index is -6.02. The first-order valence-electron chi connectivity index (χ1n) is 6.18. The van der Waals surface area contributed by atoms with Crippen molar-refractivity contribution in [1.82, 2.24) is 0 Å². The summed E-state index contributed by atoms with van der Waals surface area (Å²) in [6.07, 6.45) is -43.7. The molecule has 0 aliphatic carbocycles. The average Bonchev–Trinajstić information content (AvgIpc) is 2.54. The molecule has 0 amide bonds. The third-order valence-electron chi connectivity index (χ3n) is 2.92. The van der Waals surface area contributed by atoms with E-state index in [1.165, 1.54) is 0 Å². The number of aliphatic carboxylic acids is 1. The van der Waals surface area contributed by atoms with Gasteiger partial charge in [-0.2, -0.15) is 13.2 Å². The second kappa shape index (κ2) is 8.83. The van der Waals surface area contributed by atoms with Gasteiger partial charge in [-0.05, 0) is 0 Å². The van der Waals surface area contributed by atoms with E-state index in [1.54, 1.807) is 0 Å². The summed E-state index contributed by atoms with van der Waals surface area (Å²) >= 11 is 0. The van der Waals surface area contributed by atoms with Crippen molar-refractivity contribution in [3.05, 3.63) is 0 Å². The highest BCUT2D eigenvalue weighted by molar-refractivity contribution is 5.70. The van der Waals surface area contributed by atoms with Crippen LogP contribution in [0.5, 0.6) is 0 Å². The molecular formula is C11H9F12O2-. The van der Waals surface area contributed by atoms with Crippen LogP contribution in [-0.4, -0.2) is 67.7 Å². The van der Waals surface area contributed by atoms with Crippen molar-refractivity contribution in [1.29, 1.82) is 0 Å². The summed E-state index contributed by atoms with van der Waals surface area (Å²) in [5, 5.41) is 9.90. The molecule has 150 valence electrons. The fourth-order valence-corrected chi connectivity index (χ4v) is 1.51. The predicted octanol–water partition coefficient (Wildman–Crippen LogP) is 2.34. The number of hydrogen-bond acceptors (Lipinski definition) is 2. The molecule has 0 N–H and O–H groups in total. The van der Waals surface area contributed by atoms with Gasteiger partial charge in [-0.25, -0.2) is 39.5 Å². The molecule has 9 unspecified atom stereocenters. The third kappa shape index (κ3) is 5.83. The standard InChI is InChI=1S/C11H10F12O2/c12-1(2(13)4(15)6(17)8(19)10(24)25)3(14)5(16)7(18)9(20)11(21,22)23/h1-9H,(H,24,25)/p-1. The summed E-state index contributed by atoms with van der Waals surface area (Å²) in [5.41, 5.74) is 0. The first-order valence-corrected chi connectivity index (χ1v) is 6.18. The Hall–Kier alpha value is -1.37. The number of carboxylic acids is 1. The molecule has 0 rings (SSSR count). The van der Waals surface area contributed by atoms with Crippen molar-refractivity contribution in [2.45, 2.75) is 61.7 Å². The molecule has 0 spiro atoms. The summed E-state index contributed by atoms with van der Waals surface area (Å²) in [4.78, 5) is 9.90. The third-order valence-corrected chi connectivity index (χ3v) is 2.92. The van der Waals surface area contributed by atoms with E-state index < -0.39 is 67.7 Å². The van der Waals surface area contributed by atoms with Crippen molar-refractivity contribution < 1.29 is 62.6 Å². The molecule has 0 saturated carbocycles. The van der Waals surface area contributed by atoms with E-state index in [-0.39, 0.29) is 0 Å². The Labute approximate surface area is 131 Å². The molecular weight excluding hydrogens is 392 g/mol. The molecule has 0 aliphatic heterocycles. The van der Waals surface area contributed by atoms with Crippen molar-refractivity contribution >= 4 is 5.97 Å². The molecule has 0 aromatic heterocycles. The average molecular weight is 401 g/mol. The van der Waals surface area contributed by atoms with Crippen molar-refractivity contribution in [3.8, 4) is 0 Å². The Bertz CT molecular complexity index is 432. The first kappa shape index (κ1) is 23.6. The summed E-state index contributed by atoms with van der Waals surface area (Å²) in [6.45, 7) is 0. The molecule has 0 fully saturated rings. The largest absolute Gasteiger partial charge is 0.547 e. The van der Waals surface area contributed by atoms with E-state index in [0.29, 0.717) is 0 Å². The van der Waals surface area contributed by atoms with E-state index in [4.69, 9.17) is 0 Å². The van der Waals surface area contributed by atoms with Gasteiger partial charge < -0.3 is 9.90 Å². The molecule has 0 radical (unpaired) electrons. The normalized spacial score (nSPS) is 23.7.